The van der Waals surface area contributed by atoms with Gasteiger partial charge in [-0.2, -0.15) is 0 Å². The van der Waals surface area contributed by atoms with E-state index in [1.54, 1.807) is 6.92 Å². The van der Waals surface area contributed by atoms with Gasteiger partial charge in [-0.1, -0.05) is 6.92 Å². The van der Waals surface area contributed by atoms with E-state index in [0.29, 0.717) is 0 Å². The van der Waals surface area contributed by atoms with Gasteiger partial charge < -0.3 is 24.4 Å². The molecular weight excluding hydrogens is 299 g/mol. The zero-order valence-corrected chi connectivity index (χ0v) is 11.9. The summed E-state index contributed by atoms with van der Waals surface area (Å²) in [6.07, 6.45) is -2.81. The van der Waals surface area contributed by atoms with E-state index >= 15 is 0 Å². The van der Waals surface area contributed by atoms with Crippen LogP contribution in [0.3, 0.4) is 0 Å². The molecule has 4 atom stereocenters. The van der Waals surface area contributed by atoms with Crippen LogP contribution in [0.4, 0.5) is 0 Å². The molecule has 0 saturated carbocycles. The van der Waals surface area contributed by atoms with Gasteiger partial charge in [-0.15, -0.1) is 0 Å². The molecule has 6 nitrogen and oxygen atoms in total. The molecule has 1 saturated heterocycles. The van der Waals surface area contributed by atoms with Crippen molar-refractivity contribution in [3.8, 4) is 0 Å². The van der Waals surface area contributed by atoms with Crippen LogP contribution >= 0.6 is 7.60 Å². The summed E-state index contributed by atoms with van der Waals surface area (Å²) in [6.45, 7) is 1.66. The van der Waals surface area contributed by atoms with Crippen molar-refractivity contribution >= 4 is 15.4 Å². The zero-order valence-electron chi connectivity index (χ0n) is 8.18. The molecular formula is C6H12BO6PY. The quantitative estimate of drug-likeness (QED) is 0.456. The van der Waals surface area contributed by atoms with E-state index in [1.807, 2.05) is 0 Å². The molecule has 15 heavy (non-hydrogen) atoms. The molecule has 0 bridgehead atoms. The van der Waals surface area contributed by atoms with Gasteiger partial charge in [-0.25, -0.2) is 0 Å². The van der Waals surface area contributed by atoms with Gasteiger partial charge in [0.25, 0.3) is 0 Å². The van der Waals surface area contributed by atoms with Crippen LogP contribution in [0.5, 0.6) is 0 Å². The summed E-state index contributed by atoms with van der Waals surface area (Å²) in [4.78, 5) is 17.0. The first-order valence-corrected chi connectivity index (χ1v) is 5.86. The summed E-state index contributed by atoms with van der Waals surface area (Å²) in [6, 6.07) is -0.674. The maximum atomic E-state index is 10.5. The first kappa shape index (κ1) is 16.2. The predicted molar refractivity (Wildman–Crippen MR) is 47.6 cm³/mol. The van der Waals surface area contributed by atoms with Crippen molar-refractivity contribution in [2.24, 2.45) is 5.92 Å². The molecule has 3 radical (unpaired) electrons. The molecule has 0 aliphatic carbocycles. The van der Waals surface area contributed by atoms with Crippen LogP contribution in [-0.2, 0) is 46.7 Å². The molecule has 0 aromatic heterocycles. The molecule has 83 valence electrons. The normalized spacial score (nSPS) is 36.3. The summed E-state index contributed by atoms with van der Waals surface area (Å²) < 4.78 is 20.1. The van der Waals surface area contributed by atoms with E-state index in [4.69, 9.17) is 27.1 Å². The summed E-state index contributed by atoms with van der Waals surface area (Å²) in [5, 5.41) is 9.44. The zero-order chi connectivity index (χ0) is 10.9. The Morgan fingerprint density at radius 3 is 2.40 bits per heavy atom. The van der Waals surface area contributed by atoms with Crippen molar-refractivity contribution in [1.82, 2.24) is 0 Å². The van der Waals surface area contributed by atoms with Gasteiger partial charge in [0.05, 0.1) is 0 Å². The van der Waals surface area contributed by atoms with Gasteiger partial charge >= 0.3 is 7.60 Å². The molecule has 3 N–H and O–H groups in total. The van der Waals surface area contributed by atoms with E-state index in [-0.39, 0.29) is 38.6 Å². The van der Waals surface area contributed by atoms with E-state index in [1.165, 1.54) is 0 Å². The first-order chi connectivity index (χ1) is 6.31. The summed E-state index contributed by atoms with van der Waals surface area (Å²) in [5.74, 6) is -0.322. The van der Waals surface area contributed by atoms with Crippen molar-refractivity contribution in [2.45, 2.75) is 25.3 Å². The van der Waals surface area contributed by atoms with Crippen LogP contribution in [0.2, 0.25) is 0 Å². The Kier molecular flexibility index (Phi) is 6.72. The Hall–Kier alpha value is 1.20. The van der Waals surface area contributed by atoms with Gasteiger partial charge in [-0.05, 0) is 0 Å². The fraction of sp³-hybridized carbons (Fsp3) is 1.00. The second-order valence-corrected chi connectivity index (χ2v) is 4.87. The summed E-state index contributed by atoms with van der Waals surface area (Å²) >= 11 is 0. The molecule has 4 unspecified atom stereocenters. The molecule has 0 aromatic rings. The monoisotopic (exact) mass is 311 g/mol. The number of hydrogen-bond acceptors (Lipinski definition) is 4. The second kappa shape index (κ2) is 6.22. The van der Waals surface area contributed by atoms with E-state index < -0.39 is 32.3 Å². The van der Waals surface area contributed by atoms with Crippen LogP contribution < -0.4 is 0 Å². The maximum absolute atomic E-state index is 10.5. The van der Waals surface area contributed by atoms with E-state index in [9.17, 15) is 9.67 Å². The largest absolute Gasteiger partial charge is 0.387 e. The van der Waals surface area contributed by atoms with Gasteiger partial charge in [-0.3, -0.25) is 4.57 Å². The molecule has 1 fully saturated rings. The number of rotatable bonds is 3. The van der Waals surface area contributed by atoms with Crippen LogP contribution in [0.1, 0.15) is 6.92 Å². The van der Waals surface area contributed by atoms with E-state index in [2.05, 4.69) is 0 Å². The number of ether oxygens (including phenoxy) is 2. The van der Waals surface area contributed by atoms with E-state index in [0.717, 1.165) is 0 Å². The third-order valence-corrected chi connectivity index (χ3v) is 2.52. The number of aliphatic hydroxyl groups is 1. The first-order valence-electron chi connectivity index (χ1n) is 4.06. The van der Waals surface area contributed by atoms with Crippen molar-refractivity contribution in [3.63, 3.8) is 0 Å². The number of aliphatic hydroxyl groups excluding tert-OH is 1. The molecule has 1 aliphatic heterocycles. The average molecular weight is 311 g/mol. The molecule has 1 rings (SSSR count). The van der Waals surface area contributed by atoms with Crippen molar-refractivity contribution in [3.05, 3.63) is 0 Å². The summed E-state index contributed by atoms with van der Waals surface area (Å²) in [7, 11) is 1.20. The third-order valence-electron chi connectivity index (χ3n) is 2.03. The fourth-order valence-electron chi connectivity index (χ4n) is 1.11. The Bertz CT molecular complexity index is 248. The van der Waals surface area contributed by atoms with Gasteiger partial charge in [0.15, 0.2) is 12.6 Å². The molecule has 1 aliphatic rings. The Labute approximate surface area is 114 Å². The SMILES string of the molecule is [B]C1OC(OCP(=O)(O)O)C(O)C1C.[Y]. The number of hydrogen-bond donors (Lipinski definition) is 3. The minimum Gasteiger partial charge on any atom is -0.387 e. The average Bonchev–Trinajstić information content (AvgIpc) is 2.28. The summed E-state index contributed by atoms with van der Waals surface area (Å²) in [5.41, 5.74) is 0. The molecule has 1 heterocycles. The topological polar surface area (TPSA) is 96.2 Å². The standard InChI is InChI=1S/C6H12BO6P.Y/c1-3-4(8)6(13-5(3)7)12-2-14(9,10)11;/h3-6,8H,2H2,1H3,(H2,9,10,11);. The third kappa shape index (κ3) is 4.92. The van der Waals surface area contributed by atoms with Crippen molar-refractivity contribution in [2.75, 3.05) is 6.35 Å². The maximum Gasteiger partial charge on any atom is 0.351 e. The Morgan fingerprint density at radius 2 is 2.07 bits per heavy atom. The van der Waals surface area contributed by atoms with Gasteiger partial charge in [0.2, 0.25) is 0 Å². The molecule has 9 heteroatoms. The predicted octanol–water partition coefficient (Wildman–Crippen LogP) is -1.02. The van der Waals surface area contributed by atoms with Gasteiger partial charge in [0.1, 0.15) is 14.0 Å². The molecule has 0 amide bonds. The smallest absolute Gasteiger partial charge is 0.351 e. The van der Waals surface area contributed by atoms with Crippen LogP contribution in [-0.4, -0.2) is 47.5 Å². The molecule has 0 spiro atoms. The van der Waals surface area contributed by atoms with Crippen LogP contribution in [0.25, 0.3) is 0 Å². The minimum atomic E-state index is -4.24. The fourth-order valence-corrected chi connectivity index (χ4v) is 1.45. The van der Waals surface area contributed by atoms with Crippen molar-refractivity contribution < 1.29 is 61.6 Å². The Morgan fingerprint density at radius 1 is 1.53 bits per heavy atom. The van der Waals surface area contributed by atoms with Crippen LogP contribution in [0, 0.1) is 5.92 Å². The van der Waals surface area contributed by atoms with Crippen molar-refractivity contribution in [1.29, 1.82) is 0 Å². The van der Waals surface area contributed by atoms with Crippen LogP contribution in [0.15, 0.2) is 0 Å². The van der Waals surface area contributed by atoms with Gasteiger partial charge in [0, 0.05) is 44.6 Å². The molecule has 0 aromatic carbocycles. The Balaban J connectivity index is 0.00000196. The second-order valence-electron chi connectivity index (χ2n) is 3.28. The minimum absolute atomic E-state index is 0.